The molecule has 1 N–H and O–H groups in total. The lowest BCUT2D eigenvalue weighted by Crippen LogP contribution is -2.30. The van der Waals surface area contributed by atoms with Crippen LogP contribution in [0.15, 0.2) is 6.20 Å². The summed E-state index contributed by atoms with van der Waals surface area (Å²) in [6.45, 7) is 5.95. The first-order valence-electron chi connectivity index (χ1n) is 6.10. The highest BCUT2D eigenvalue weighted by Crippen LogP contribution is 2.28. The highest BCUT2D eigenvalue weighted by atomic mass is 32.1. The molecule has 0 amide bonds. The van der Waals surface area contributed by atoms with Gasteiger partial charge in [-0.05, 0) is 24.2 Å². The number of hydrogen-bond acceptors (Lipinski definition) is 7. The normalized spacial score (nSPS) is 19.3. The zero-order chi connectivity index (χ0) is 13.9. The molecule has 1 aromatic rings. The van der Waals surface area contributed by atoms with Gasteiger partial charge in [-0.25, -0.2) is 4.98 Å². The van der Waals surface area contributed by atoms with Gasteiger partial charge in [0.25, 0.3) is 0 Å². The molecule has 0 unspecified atom stereocenters. The minimum Gasteiger partial charge on any atom is -0.361 e. The van der Waals surface area contributed by atoms with Gasteiger partial charge in [0.05, 0.1) is 18.1 Å². The maximum absolute atomic E-state index is 10.5. The van der Waals surface area contributed by atoms with E-state index in [-0.39, 0.29) is 5.00 Å². The molecular formula is C11H17N3O4S. The first-order chi connectivity index (χ1) is 8.98. The molecule has 0 bridgehead atoms. The van der Waals surface area contributed by atoms with Gasteiger partial charge in [0.1, 0.15) is 6.20 Å². The molecule has 8 heteroatoms. The second-order valence-electron chi connectivity index (χ2n) is 4.78. The average molecular weight is 287 g/mol. The Balaban J connectivity index is 1.79. The van der Waals surface area contributed by atoms with Gasteiger partial charge in [0.15, 0.2) is 10.9 Å². The third-order valence-electron chi connectivity index (χ3n) is 2.89. The highest BCUT2D eigenvalue weighted by Gasteiger charge is 2.32. The highest BCUT2D eigenvalue weighted by molar-refractivity contribution is 7.18. The fraction of sp³-hybridized carbons (Fsp3) is 0.727. The van der Waals surface area contributed by atoms with E-state index in [2.05, 4.69) is 17.2 Å². The predicted octanol–water partition coefficient (Wildman–Crippen LogP) is 2.25. The Hall–Kier alpha value is -1.25. The smallest absolute Gasteiger partial charge is 0.345 e. The molecule has 2 rings (SSSR count). The Kier molecular flexibility index (Phi) is 4.33. The van der Waals surface area contributed by atoms with Crippen molar-refractivity contribution in [3.8, 4) is 0 Å². The zero-order valence-corrected chi connectivity index (χ0v) is 11.7. The van der Waals surface area contributed by atoms with E-state index < -0.39 is 10.7 Å². The van der Waals surface area contributed by atoms with Gasteiger partial charge in [-0.3, -0.25) is 10.1 Å². The fourth-order valence-electron chi connectivity index (χ4n) is 2.07. The van der Waals surface area contributed by atoms with Crippen LogP contribution in [0.2, 0.25) is 0 Å². The maximum Gasteiger partial charge on any atom is 0.345 e. The second kappa shape index (κ2) is 5.81. The molecule has 19 heavy (non-hydrogen) atoms. The van der Waals surface area contributed by atoms with Crippen LogP contribution in [0.1, 0.15) is 20.3 Å². The number of thiazole rings is 1. The van der Waals surface area contributed by atoms with Crippen LogP contribution in [0.3, 0.4) is 0 Å². The van der Waals surface area contributed by atoms with Crippen LogP contribution < -0.4 is 5.32 Å². The Bertz CT molecular complexity index is 445. The lowest BCUT2D eigenvalue weighted by Gasteiger charge is -2.25. The quantitative estimate of drug-likeness (QED) is 0.638. The van der Waals surface area contributed by atoms with Crippen LogP contribution in [0, 0.1) is 16.0 Å². The van der Waals surface area contributed by atoms with Crippen LogP contribution in [0.5, 0.6) is 0 Å². The van der Waals surface area contributed by atoms with E-state index in [9.17, 15) is 10.1 Å². The van der Waals surface area contributed by atoms with Gasteiger partial charge in [0.2, 0.25) is 0 Å². The molecule has 0 radical (unpaired) electrons. The van der Waals surface area contributed by atoms with E-state index in [4.69, 9.17) is 9.47 Å². The van der Waals surface area contributed by atoms with E-state index in [0.29, 0.717) is 30.8 Å². The molecule has 1 aromatic heterocycles. The summed E-state index contributed by atoms with van der Waals surface area (Å²) in [6, 6.07) is 0. The number of anilines is 1. The van der Waals surface area contributed by atoms with E-state index >= 15 is 0 Å². The van der Waals surface area contributed by atoms with Gasteiger partial charge in [-0.1, -0.05) is 6.92 Å². The van der Waals surface area contributed by atoms with E-state index in [0.717, 1.165) is 17.8 Å². The standard InChI is InChI=1S/C11H17N3O4S/c1-8(5-11(2)17-3-4-18-11)6-12-10-13-7-9(19-10)14(15)16/h7-8H,3-6H2,1-2H3,(H,12,13)/t8-/m0/s1. The van der Waals surface area contributed by atoms with E-state index in [1.54, 1.807) is 0 Å². The van der Waals surface area contributed by atoms with Crippen molar-refractivity contribution in [2.24, 2.45) is 5.92 Å². The van der Waals surface area contributed by atoms with E-state index in [1.807, 2.05) is 6.92 Å². The van der Waals surface area contributed by atoms with Gasteiger partial charge in [-0.2, -0.15) is 0 Å². The number of nitrogens with zero attached hydrogens (tertiary/aromatic N) is 2. The average Bonchev–Trinajstić information content (AvgIpc) is 2.95. The summed E-state index contributed by atoms with van der Waals surface area (Å²) in [5.74, 6) is -0.193. The van der Waals surface area contributed by atoms with Crippen molar-refractivity contribution < 1.29 is 14.4 Å². The lowest BCUT2D eigenvalue weighted by molar-refractivity contribution is -0.380. The third-order valence-corrected chi connectivity index (χ3v) is 3.80. The lowest BCUT2D eigenvalue weighted by atomic mass is 10.0. The molecule has 1 atom stereocenters. The van der Waals surface area contributed by atoms with E-state index in [1.165, 1.54) is 6.20 Å². The largest absolute Gasteiger partial charge is 0.361 e. The Morgan fingerprint density at radius 1 is 1.63 bits per heavy atom. The van der Waals surface area contributed by atoms with Gasteiger partial charge in [0, 0.05) is 13.0 Å². The summed E-state index contributed by atoms with van der Waals surface area (Å²) >= 11 is 1.04. The van der Waals surface area contributed by atoms with Crippen molar-refractivity contribution in [3.63, 3.8) is 0 Å². The number of hydrogen-bond donors (Lipinski definition) is 1. The van der Waals surface area contributed by atoms with Gasteiger partial charge in [-0.15, -0.1) is 0 Å². The topological polar surface area (TPSA) is 86.5 Å². The van der Waals surface area contributed by atoms with Crippen molar-refractivity contribution in [3.05, 3.63) is 16.3 Å². The summed E-state index contributed by atoms with van der Waals surface area (Å²) < 4.78 is 11.1. The number of rotatable bonds is 6. The minimum atomic E-state index is -0.504. The molecular weight excluding hydrogens is 270 g/mol. The number of aromatic nitrogens is 1. The van der Waals surface area contributed by atoms with Crippen LogP contribution in [0.25, 0.3) is 0 Å². The summed E-state index contributed by atoms with van der Waals surface area (Å²) in [5, 5.41) is 14.3. The molecule has 1 aliphatic heterocycles. The Morgan fingerprint density at radius 2 is 2.32 bits per heavy atom. The van der Waals surface area contributed by atoms with Crippen LogP contribution >= 0.6 is 11.3 Å². The SMILES string of the molecule is C[C@H](CNc1ncc([N+](=O)[O-])s1)CC1(C)OCCO1. The summed E-state index contributed by atoms with van der Waals surface area (Å²) in [6.07, 6.45) is 2.04. The molecule has 7 nitrogen and oxygen atoms in total. The number of ether oxygens (including phenoxy) is 2. The summed E-state index contributed by atoms with van der Waals surface area (Å²) in [5.41, 5.74) is 0. The third kappa shape index (κ3) is 3.85. The maximum atomic E-state index is 10.5. The minimum absolute atomic E-state index is 0.0459. The second-order valence-corrected chi connectivity index (χ2v) is 5.79. The molecule has 0 aliphatic carbocycles. The summed E-state index contributed by atoms with van der Waals surface area (Å²) in [4.78, 5) is 14.1. The van der Waals surface area contributed by atoms with Gasteiger partial charge < -0.3 is 14.8 Å². The van der Waals surface area contributed by atoms with Crippen molar-refractivity contribution in [2.45, 2.75) is 26.1 Å². The first kappa shape index (κ1) is 14.2. The molecule has 1 aliphatic rings. The van der Waals surface area contributed by atoms with Crippen molar-refractivity contribution in [1.82, 2.24) is 4.98 Å². The molecule has 106 valence electrons. The fourth-order valence-corrected chi connectivity index (χ4v) is 2.71. The number of nitro groups is 1. The molecule has 0 aromatic carbocycles. The van der Waals surface area contributed by atoms with Crippen molar-refractivity contribution >= 4 is 21.5 Å². The molecule has 1 saturated heterocycles. The van der Waals surface area contributed by atoms with Crippen LogP contribution in [0.4, 0.5) is 10.1 Å². The zero-order valence-electron chi connectivity index (χ0n) is 10.9. The van der Waals surface area contributed by atoms with Crippen molar-refractivity contribution in [1.29, 1.82) is 0 Å². The first-order valence-corrected chi connectivity index (χ1v) is 6.92. The molecule has 1 fully saturated rings. The van der Waals surface area contributed by atoms with Crippen LogP contribution in [-0.2, 0) is 9.47 Å². The summed E-state index contributed by atoms with van der Waals surface area (Å²) in [7, 11) is 0. The van der Waals surface area contributed by atoms with Crippen molar-refractivity contribution in [2.75, 3.05) is 25.1 Å². The molecule has 2 heterocycles. The Morgan fingerprint density at radius 3 is 2.89 bits per heavy atom. The van der Waals surface area contributed by atoms with Crippen LogP contribution in [-0.4, -0.2) is 35.5 Å². The number of nitrogens with one attached hydrogen (secondary N) is 1. The molecule has 0 spiro atoms. The van der Waals surface area contributed by atoms with Gasteiger partial charge >= 0.3 is 5.00 Å². The monoisotopic (exact) mass is 287 g/mol. The predicted molar refractivity (Wildman–Crippen MR) is 71.3 cm³/mol. The molecule has 0 saturated carbocycles. The Labute approximate surface area is 115 Å².